The molecule has 0 spiro atoms. The second-order valence-electron chi connectivity index (χ2n) is 12.5. The lowest BCUT2D eigenvalue weighted by Crippen LogP contribution is -2.54. The van der Waals surface area contributed by atoms with Crippen molar-refractivity contribution in [3.63, 3.8) is 0 Å². The predicted octanol–water partition coefficient (Wildman–Crippen LogP) is 6.23. The third-order valence-electron chi connectivity index (χ3n) is 6.28. The van der Waals surface area contributed by atoms with Crippen molar-refractivity contribution in [3.05, 3.63) is 35.4 Å². The molecule has 2 amide bonds. The Kier molecular flexibility index (Phi) is 12.4. The Balaban J connectivity index is 2.38. The predicted molar refractivity (Wildman–Crippen MR) is 152 cm³/mol. The smallest absolute Gasteiger partial charge is 0.420 e. The number of amides is 2. The van der Waals surface area contributed by atoms with Crippen LogP contribution in [0.3, 0.4) is 0 Å². The van der Waals surface area contributed by atoms with Crippen LogP contribution in [0.4, 0.5) is 9.59 Å². The summed E-state index contributed by atoms with van der Waals surface area (Å²) in [6, 6.07) is 6.86. The van der Waals surface area contributed by atoms with Crippen molar-refractivity contribution < 1.29 is 38.1 Å². The summed E-state index contributed by atoms with van der Waals surface area (Å²) >= 11 is 0. The molecule has 0 saturated carbocycles. The third kappa shape index (κ3) is 11.1. The van der Waals surface area contributed by atoms with Gasteiger partial charge in [0, 0.05) is 12.5 Å². The molecule has 0 unspecified atom stereocenters. The number of imide groups is 1. The van der Waals surface area contributed by atoms with Crippen LogP contribution < -0.4 is 0 Å². The summed E-state index contributed by atoms with van der Waals surface area (Å²) in [5.74, 6) is -0.926. The maximum atomic E-state index is 13.5. The Morgan fingerprint density at radius 2 is 1.52 bits per heavy atom. The molecule has 2 rings (SSSR count). The molecule has 1 aliphatic rings. The number of ether oxygens (including phenoxy) is 5. The number of rotatable bonds is 8. The van der Waals surface area contributed by atoms with E-state index in [9.17, 15) is 14.4 Å². The van der Waals surface area contributed by atoms with Gasteiger partial charge >= 0.3 is 18.2 Å². The third-order valence-corrected chi connectivity index (χ3v) is 6.28. The molecule has 0 aliphatic carbocycles. The minimum Gasteiger partial charge on any atom is -0.458 e. The minimum absolute atomic E-state index is 0.137. The van der Waals surface area contributed by atoms with Crippen LogP contribution in [0.5, 0.6) is 0 Å². The standard InChI is InChI=1S/C31H49NO8/c1-10-11-12-17-37-26-22(3)38-27(33)25(20-36-19-24(26)18-23-15-13-21(2)14-16-23)32(28(34)39-30(4,5)6)29(35)40-31(7,8)9/h13-16,22,24-26H,10-12,17-20H2,1-9H3/t22-,24-,25-,26-/m0/s1. The van der Waals surface area contributed by atoms with Crippen LogP contribution >= 0.6 is 0 Å². The van der Waals surface area contributed by atoms with Crippen LogP contribution in [-0.4, -0.2) is 72.3 Å². The van der Waals surface area contributed by atoms with Crippen LogP contribution in [0.15, 0.2) is 24.3 Å². The highest BCUT2D eigenvalue weighted by Gasteiger charge is 2.44. The van der Waals surface area contributed by atoms with Crippen LogP contribution in [-0.2, 0) is 34.9 Å². The maximum absolute atomic E-state index is 13.5. The van der Waals surface area contributed by atoms with E-state index in [-0.39, 0.29) is 19.1 Å². The van der Waals surface area contributed by atoms with Gasteiger partial charge in [0.15, 0.2) is 6.04 Å². The number of unbranched alkanes of at least 4 members (excludes halogenated alkanes) is 2. The number of carbonyl (C=O) groups excluding carboxylic acids is 3. The fourth-order valence-corrected chi connectivity index (χ4v) is 4.38. The summed E-state index contributed by atoms with van der Waals surface area (Å²) < 4.78 is 29.2. The zero-order chi connectivity index (χ0) is 30.1. The van der Waals surface area contributed by atoms with Crippen LogP contribution in [0.2, 0.25) is 0 Å². The summed E-state index contributed by atoms with van der Waals surface area (Å²) in [6.07, 6.45) is 0.493. The van der Waals surface area contributed by atoms with Gasteiger partial charge in [-0.25, -0.2) is 14.4 Å². The quantitative estimate of drug-likeness (QED) is 0.208. The Morgan fingerprint density at radius 1 is 0.950 bits per heavy atom. The van der Waals surface area contributed by atoms with E-state index in [1.807, 2.05) is 6.92 Å². The summed E-state index contributed by atoms with van der Waals surface area (Å²) in [5.41, 5.74) is 0.450. The second-order valence-corrected chi connectivity index (χ2v) is 12.5. The van der Waals surface area contributed by atoms with Gasteiger partial charge in [-0.1, -0.05) is 49.6 Å². The normalized spacial score (nSPS) is 22.4. The molecular formula is C31H49NO8. The average Bonchev–Trinajstić information content (AvgIpc) is 2.86. The van der Waals surface area contributed by atoms with Crippen molar-refractivity contribution in [1.82, 2.24) is 4.90 Å². The summed E-state index contributed by atoms with van der Waals surface area (Å²) in [5, 5.41) is 0. The van der Waals surface area contributed by atoms with Crippen molar-refractivity contribution in [3.8, 4) is 0 Å². The van der Waals surface area contributed by atoms with Gasteiger partial charge in [0.05, 0.1) is 19.3 Å². The molecule has 0 N–H and O–H groups in total. The Morgan fingerprint density at radius 3 is 2.05 bits per heavy atom. The molecule has 1 aromatic rings. The zero-order valence-corrected chi connectivity index (χ0v) is 25.8. The van der Waals surface area contributed by atoms with Crippen LogP contribution in [0.25, 0.3) is 0 Å². The van der Waals surface area contributed by atoms with E-state index in [1.54, 1.807) is 48.5 Å². The van der Waals surface area contributed by atoms with E-state index in [0.717, 1.165) is 30.4 Å². The lowest BCUT2D eigenvalue weighted by atomic mass is 9.91. The largest absolute Gasteiger partial charge is 0.458 e. The van der Waals surface area contributed by atoms with Gasteiger partial charge in [0.1, 0.15) is 17.3 Å². The molecule has 9 heteroatoms. The highest BCUT2D eigenvalue weighted by atomic mass is 16.6. The van der Waals surface area contributed by atoms with Crippen molar-refractivity contribution in [1.29, 1.82) is 0 Å². The topological polar surface area (TPSA) is 101 Å². The number of carbonyl (C=O) groups is 3. The number of nitrogens with zero attached hydrogens (tertiary/aromatic N) is 1. The van der Waals surface area contributed by atoms with Gasteiger partial charge in [-0.05, 0) is 73.8 Å². The molecule has 226 valence electrons. The van der Waals surface area contributed by atoms with Crippen molar-refractivity contribution in [2.24, 2.45) is 5.92 Å². The number of benzene rings is 1. The SMILES string of the molecule is CCCCCO[C@@H]1[C@@H](Cc2ccc(C)cc2)COC[C@H](N(C(=O)OC(C)(C)C)C(=O)OC(C)(C)C)C(=O)O[C@H]1C. The molecule has 1 fully saturated rings. The zero-order valence-electron chi connectivity index (χ0n) is 25.8. The summed E-state index contributed by atoms with van der Waals surface area (Å²) in [4.78, 5) is 40.6. The highest BCUT2D eigenvalue weighted by molar-refractivity contribution is 5.94. The first kappa shape index (κ1) is 33.6. The monoisotopic (exact) mass is 563 g/mol. The first-order valence-electron chi connectivity index (χ1n) is 14.3. The number of cyclic esters (lactones) is 1. The molecule has 1 heterocycles. The Labute approximate surface area is 239 Å². The van der Waals surface area contributed by atoms with Crippen molar-refractivity contribution in [2.75, 3.05) is 19.8 Å². The molecule has 0 radical (unpaired) electrons. The molecular weight excluding hydrogens is 514 g/mol. The van der Waals surface area contributed by atoms with E-state index >= 15 is 0 Å². The highest BCUT2D eigenvalue weighted by Crippen LogP contribution is 2.25. The Hall–Kier alpha value is -2.65. The lowest BCUT2D eigenvalue weighted by Gasteiger charge is -2.32. The maximum Gasteiger partial charge on any atom is 0.420 e. The van der Waals surface area contributed by atoms with Crippen molar-refractivity contribution in [2.45, 2.75) is 117 Å². The van der Waals surface area contributed by atoms with Crippen LogP contribution in [0, 0.1) is 12.8 Å². The van der Waals surface area contributed by atoms with Gasteiger partial charge in [0.25, 0.3) is 0 Å². The van der Waals surface area contributed by atoms with Gasteiger partial charge in [-0.15, -0.1) is 0 Å². The van der Waals surface area contributed by atoms with Gasteiger partial charge in [-0.2, -0.15) is 4.90 Å². The molecule has 40 heavy (non-hydrogen) atoms. The van der Waals surface area contributed by atoms with E-state index in [1.165, 1.54) is 0 Å². The summed E-state index contributed by atoms with van der Waals surface area (Å²) in [6.45, 7) is 16.5. The number of esters is 1. The van der Waals surface area contributed by atoms with E-state index in [4.69, 9.17) is 23.7 Å². The minimum atomic E-state index is -1.40. The number of hydrogen-bond acceptors (Lipinski definition) is 8. The number of hydrogen-bond donors (Lipinski definition) is 0. The first-order chi connectivity index (χ1) is 18.6. The van der Waals surface area contributed by atoms with Crippen LogP contribution in [0.1, 0.15) is 85.8 Å². The average molecular weight is 564 g/mol. The molecule has 1 saturated heterocycles. The van der Waals surface area contributed by atoms with Gasteiger partial charge in [0.2, 0.25) is 0 Å². The fourth-order valence-electron chi connectivity index (χ4n) is 4.38. The summed E-state index contributed by atoms with van der Waals surface area (Å²) in [7, 11) is 0. The second kappa shape index (κ2) is 14.8. The van der Waals surface area contributed by atoms with E-state index < -0.39 is 47.6 Å². The molecule has 9 nitrogen and oxygen atoms in total. The molecule has 1 aliphatic heterocycles. The van der Waals surface area contributed by atoms with E-state index in [2.05, 4.69) is 31.2 Å². The lowest BCUT2D eigenvalue weighted by molar-refractivity contribution is -0.163. The molecule has 1 aromatic carbocycles. The molecule has 4 atom stereocenters. The Bertz CT molecular complexity index is 935. The molecule has 0 bridgehead atoms. The van der Waals surface area contributed by atoms with Crippen molar-refractivity contribution >= 4 is 18.2 Å². The molecule has 0 aromatic heterocycles. The van der Waals surface area contributed by atoms with E-state index in [0.29, 0.717) is 17.9 Å². The van der Waals surface area contributed by atoms with Gasteiger partial charge < -0.3 is 23.7 Å². The van der Waals surface area contributed by atoms with Gasteiger partial charge in [-0.3, -0.25) is 0 Å². The number of aryl methyl sites for hydroxylation is 1. The fraction of sp³-hybridized carbons (Fsp3) is 0.710. The first-order valence-corrected chi connectivity index (χ1v) is 14.3.